The van der Waals surface area contributed by atoms with Crippen molar-refractivity contribution in [3.05, 3.63) is 85.5 Å². The molecule has 0 saturated heterocycles. The first kappa shape index (κ1) is 44.8. The monoisotopic (exact) mass is 985 g/mol. The molecule has 6 aromatic heterocycles. The molecule has 0 aliphatic rings. The molecule has 0 aromatic carbocycles. The number of rotatable bonds is 16. The van der Waals surface area contributed by atoms with Crippen LogP contribution in [-0.2, 0) is 49.8 Å². The largest absolute Gasteiger partial charge is 0.356 e. The summed E-state index contributed by atoms with van der Waals surface area (Å²) in [6, 6.07) is 18.2. The van der Waals surface area contributed by atoms with Gasteiger partial charge in [-0.15, -0.1) is 20.4 Å². The fourth-order valence-electron chi connectivity index (χ4n) is 5.19. The van der Waals surface area contributed by atoms with Crippen LogP contribution in [0.25, 0.3) is 34.3 Å². The molecule has 6 amide bonds. The summed E-state index contributed by atoms with van der Waals surface area (Å²) in [6.45, 7) is 3.74. The van der Waals surface area contributed by atoms with Crippen molar-refractivity contribution >= 4 is 58.1 Å². The first-order valence-corrected chi connectivity index (χ1v) is 18.2. The average molecular weight is 986 g/mol. The van der Waals surface area contributed by atoms with Crippen molar-refractivity contribution in [1.82, 2.24) is 60.4 Å². The Morgan fingerprint density at radius 3 is 1.25 bits per heavy atom. The number of amides is 6. The third-order valence-electron chi connectivity index (χ3n) is 7.98. The number of nitrogens with one attached hydrogen (secondary N) is 6. The summed E-state index contributed by atoms with van der Waals surface area (Å²) in [5, 5.41) is 32.3. The standard InChI is InChI=1S/2C19H21N7O3.Pt/c2*1-13(27)20-9-7-17(28)21-10-8-18(29)23-14-5-6-15(22-12-14)19-25-24-16-4-2-3-11-26(16)19;/h2*2-6,11-12H,7-10H2,1H3,(H,20,27)(H,21,28)(H,23,29);. The van der Waals surface area contributed by atoms with E-state index < -0.39 is 0 Å². The van der Waals surface area contributed by atoms with Gasteiger partial charge >= 0.3 is 0 Å². The quantitative estimate of drug-likeness (QED) is 0.0807. The molecule has 0 bridgehead atoms. The number of nitrogens with zero attached hydrogens (tertiary/aromatic N) is 8. The van der Waals surface area contributed by atoms with E-state index in [-0.39, 0.29) is 108 Å². The van der Waals surface area contributed by atoms with Gasteiger partial charge in [0.15, 0.2) is 22.9 Å². The van der Waals surface area contributed by atoms with E-state index in [1.54, 1.807) is 36.7 Å². The third kappa shape index (κ3) is 14.2. The molecule has 20 nitrogen and oxygen atoms in total. The maximum absolute atomic E-state index is 12.0. The van der Waals surface area contributed by atoms with E-state index in [9.17, 15) is 28.8 Å². The van der Waals surface area contributed by atoms with E-state index in [2.05, 4.69) is 62.3 Å². The van der Waals surface area contributed by atoms with E-state index in [4.69, 9.17) is 0 Å². The number of anilines is 2. The molecule has 6 N–H and O–H groups in total. The molecule has 6 rings (SSSR count). The van der Waals surface area contributed by atoms with E-state index >= 15 is 0 Å². The number of carbonyl (C=O) groups is 6. The second-order valence-electron chi connectivity index (χ2n) is 12.5. The van der Waals surface area contributed by atoms with Gasteiger partial charge in [0.25, 0.3) is 0 Å². The maximum Gasteiger partial charge on any atom is 0.226 e. The molecule has 0 atom stereocenters. The van der Waals surface area contributed by atoms with Gasteiger partial charge in [-0.25, -0.2) is 0 Å². The van der Waals surface area contributed by atoms with Crippen molar-refractivity contribution in [1.29, 1.82) is 0 Å². The molecule has 0 aliphatic heterocycles. The fraction of sp³-hybridized carbons (Fsp3) is 0.263. The van der Waals surface area contributed by atoms with Crippen LogP contribution in [0.15, 0.2) is 85.5 Å². The fourth-order valence-corrected chi connectivity index (χ4v) is 5.19. The van der Waals surface area contributed by atoms with Gasteiger partial charge in [-0.05, 0) is 48.5 Å². The number of hydrogen-bond donors (Lipinski definition) is 6. The zero-order valence-corrected chi connectivity index (χ0v) is 34.4. The predicted octanol–water partition coefficient (Wildman–Crippen LogP) is 1.52. The Hall–Kier alpha value is -6.95. The van der Waals surface area contributed by atoms with Crippen LogP contribution in [0.2, 0.25) is 0 Å². The molecule has 310 valence electrons. The van der Waals surface area contributed by atoms with E-state index in [0.29, 0.717) is 34.4 Å². The smallest absolute Gasteiger partial charge is 0.226 e. The second-order valence-corrected chi connectivity index (χ2v) is 12.5. The molecule has 6 aromatic rings. The van der Waals surface area contributed by atoms with Gasteiger partial charge < -0.3 is 31.9 Å². The minimum atomic E-state index is -0.241. The Labute approximate surface area is 352 Å². The molecular weight excluding hydrogens is 944 g/mol. The van der Waals surface area contributed by atoms with E-state index in [1.165, 1.54) is 13.8 Å². The summed E-state index contributed by atoms with van der Waals surface area (Å²) in [7, 11) is 0. The predicted molar refractivity (Wildman–Crippen MR) is 212 cm³/mol. The topological polar surface area (TPSA) is 261 Å². The Bertz CT molecular complexity index is 2200. The van der Waals surface area contributed by atoms with Gasteiger partial charge in [0.1, 0.15) is 11.4 Å². The van der Waals surface area contributed by atoms with Crippen molar-refractivity contribution < 1.29 is 49.8 Å². The van der Waals surface area contributed by atoms with Gasteiger partial charge in [-0.3, -0.25) is 47.5 Å². The number of fused-ring (bicyclic) bond motifs is 2. The first-order chi connectivity index (χ1) is 28.0. The Morgan fingerprint density at radius 1 is 0.492 bits per heavy atom. The Balaban J connectivity index is 0.000000256. The SMILES string of the molecule is CC(=O)NCCC(=O)NCCC(=O)Nc1ccc(-c2nnc3ccccn23)nc1.CC(=O)NCCC(=O)NCCC(=O)Nc1ccc(-c2nnc3ccccn23)nc1.[Pt]. The molecule has 0 fully saturated rings. The van der Waals surface area contributed by atoms with Gasteiger partial charge in [0, 0.05) is 99.2 Å². The molecule has 0 saturated carbocycles. The van der Waals surface area contributed by atoms with Crippen molar-refractivity contribution in [2.24, 2.45) is 0 Å². The van der Waals surface area contributed by atoms with Crippen LogP contribution >= 0.6 is 0 Å². The van der Waals surface area contributed by atoms with E-state index in [0.717, 1.165) is 11.3 Å². The van der Waals surface area contributed by atoms with Crippen LogP contribution in [0.3, 0.4) is 0 Å². The van der Waals surface area contributed by atoms with Crippen LogP contribution in [0.5, 0.6) is 0 Å². The molecule has 0 aliphatic carbocycles. The Kier molecular flexibility index (Phi) is 17.2. The normalized spacial score (nSPS) is 10.3. The van der Waals surface area contributed by atoms with Gasteiger partial charge in [0.2, 0.25) is 35.4 Å². The molecular formula is C38H42N14O6Pt. The van der Waals surface area contributed by atoms with Crippen LogP contribution < -0.4 is 31.9 Å². The average Bonchev–Trinajstić information content (AvgIpc) is 3.84. The minimum absolute atomic E-state index is 0. The molecule has 59 heavy (non-hydrogen) atoms. The minimum Gasteiger partial charge on any atom is -0.356 e. The van der Waals surface area contributed by atoms with Gasteiger partial charge in [0.05, 0.1) is 23.8 Å². The summed E-state index contributed by atoms with van der Waals surface area (Å²) in [4.78, 5) is 77.4. The maximum atomic E-state index is 12.0. The summed E-state index contributed by atoms with van der Waals surface area (Å²) in [5.41, 5.74) is 3.80. The van der Waals surface area contributed by atoms with E-state index in [1.807, 2.05) is 57.6 Å². The number of carbonyl (C=O) groups excluding carboxylic acids is 6. The van der Waals surface area contributed by atoms with Crippen LogP contribution in [-0.4, -0.2) is 101 Å². The number of aromatic nitrogens is 8. The van der Waals surface area contributed by atoms with Crippen molar-refractivity contribution in [3.8, 4) is 23.0 Å². The van der Waals surface area contributed by atoms with Crippen molar-refractivity contribution in [2.45, 2.75) is 39.5 Å². The summed E-state index contributed by atoms with van der Waals surface area (Å²) in [5.74, 6) is -0.0793. The van der Waals surface area contributed by atoms with Gasteiger partial charge in [-0.2, -0.15) is 0 Å². The molecule has 0 radical (unpaired) electrons. The van der Waals surface area contributed by atoms with Crippen molar-refractivity contribution in [2.75, 3.05) is 36.8 Å². The number of hydrogen-bond acceptors (Lipinski definition) is 12. The molecule has 21 heteroatoms. The number of pyridine rings is 4. The van der Waals surface area contributed by atoms with Crippen LogP contribution in [0.4, 0.5) is 11.4 Å². The molecule has 6 heterocycles. The first-order valence-electron chi connectivity index (χ1n) is 18.2. The molecule has 0 unspecified atom stereocenters. The Morgan fingerprint density at radius 2 is 0.881 bits per heavy atom. The second kappa shape index (κ2) is 22.7. The third-order valence-corrected chi connectivity index (χ3v) is 7.98. The van der Waals surface area contributed by atoms with Crippen molar-refractivity contribution in [3.63, 3.8) is 0 Å². The molecule has 0 spiro atoms. The van der Waals surface area contributed by atoms with Gasteiger partial charge in [-0.1, -0.05) is 12.1 Å². The summed E-state index contributed by atoms with van der Waals surface area (Å²) >= 11 is 0. The zero-order valence-electron chi connectivity index (χ0n) is 32.1. The summed E-state index contributed by atoms with van der Waals surface area (Å²) < 4.78 is 3.66. The van der Waals surface area contributed by atoms with Crippen LogP contribution in [0, 0.1) is 0 Å². The zero-order chi connectivity index (χ0) is 41.3. The summed E-state index contributed by atoms with van der Waals surface area (Å²) in [6.07, 6.45) is 7.39. The van der Waals surface area contributed by atoms with Crippen LogP contribution in [0.1, 0.15) is 39.5 Å².